The summed E-state index contributed by atoms with van der Waals surface area (Å²) in [4.78, 5) is 11.0. The molecule has 6 heteroatoms. The summed E-state index contributed by atoms with van der Waals surface area (Å²) in [7, 11) is 0. The van der Waals surface area contributed by atoms with Crippen LogP contribution in [0.4, 0.5) is 4.39 Å². The molecule has 100 valence electrons. The maximum Gasteiger partial charge on any atom is 0.320 e. The van der Waals surface area contributed by atoms with Crippen molar-refractivity contribution in [3.05, 3.63) is 34.6 Å². The molecular weight excluding hydrogens is 277 g/mol. The molecule has 0 spiro atoms. The lowest BCUT2D eigenvalue weighted by atomic mass is 10.1. The van der Waals surface area contributed by atoms with Crippen molar-refractivity contribution in [3.8, 4) is 0 Å². The quantitative estimate of drug-likeness (QED) is 0.811. The van der Waals surface area contributed by atoms with Crippen LogP contribution in [0.3, 0.4) is 0 Å². The summed E-state index contributed by atoms with van der Waals surface area (Å²) >= 11 is 7.44. The van der Waals surface area contributed by atoms with Crippen LogP contribution in [0, 0.1) is 5.82 Å². The molecule has 3 nitrogen and oxygen atoms in total. The summed E-state index contributed by atoms with van der Waals surface area (Å²) in [5.74, 6) is -0.630. The van der Waals surface area contributed by atoms with E-state index in [2.05, 4.69) is 5.32 Å². The second-order valence-electron chi connectivity index (χ2n) is 3.75. The fraction of sp³-hybridized carbons (Fsp3) is 0.417. The highest BCUT2D eigenvalue weighted by Crippen LogP contribution is 2.18. The van der Waals surface area contributed by atoms with Gasteiger partial charge in [-0.1, -0.05) is 17.7 Å². The number of halogens is 2. The molecule has 1 aromatic rings. The lowest BCUT2D eigenvalue weighted by Gasteiger charge is -2.14. The van der Waals surface area contributed by atoms with Crippen molar-refractivity contribution in [1.29, 1.82) is 0 Å². The molecule has 1 atom stereocenters. The first-order valence-electron chi connectivity index (χ1n) is 5.44. The first-order chi connectivity index (χ1) is 8.56. The molecular formula is C12H15ClFNO2S. The monoisotopic (exact) mass is 291 g/mol. The van der Waals surface area contributed by atoms with Crippen LogP contribution in [0.25, 0.3) is 0 Å². The lowest BCUT2D eigenvalue weighted by Crippen LogP contribution is -2.36. The Morgan fingerprint density at radius 1 is 1.61 bits per heavy atom. The Morgan fingerprint density at radius 2 is 2.33 bits per heavy atom. The van der Waals surface area contributed by atoms with E-state index in [0.717, 1.165) is 5.75 Å². The van der Waals surface area contributed by atoms with Crippen molar-refractivity contribution in [1.82, 2.24) is 5.32 Å². The lowest BCUT2D eigenvalue weighted by molar-refractivity contribution is -0.139. The molecule has 0 amide bonds. The number of aliphatic carboxylic acids is 1. The standard InChI is InChI=1S/C12H15ClFNO2S/c1-18-6-5-11(12(16)17)15-7-8-9(13)3-2-4-10(8)14/h2-4,11,15H,5-7H2,1H3,(H,16,17)/t11-/m1/s1. The Balaban J connectivity index is 2.64. The molecule has 0 saturated carbocycles. The Morgan fingerprint density at radius 3 is 2.89 bits per heavy atom. The highest BCUT2D eigenvalue weighted by Gasteiger charge is 2.17. The number of benzene rings is 1. The van der Waals surface area contributed by atoms with Gasteiger partial charge in [0.1, 0.15) is 11.9 Å². The van der Waals surface area contributed by atoms with Gasteiger partial charge >= 0.3 is 5.97 Å². The zero-order valence-electron chi connectivity index (χ0n) is 9.95. The number of thioether (sulfide) groups is 1. The number of hydrogen-bond donors (Lipinski definition) is 2. The predicted octanol–water partition coefficient (Wildman–Crippen LogP) is 2.78. The maximum atomic E-state index is 13.5. The largest absolute Gasteiger partial charge is 0.480 e. The van der Waals surface area contributed by atoms with E-state index < -0.39 is 17.8 Å². The Labute approximate surface area is 115 Å². The van der Waals surface area contributed by atoms with Gasteiger partial charge in [0.25, 0.3) is 0 Å². The molecule has 0 fully saturated rings. The first-order valence-corrected chi connectivity index (χ1v) is 7.21. The zero-order valence-corrected chi connectivity index (χ0v) is 11.5. The molecule has 2 N–H and O–H groups in total. The average Bonchev–Trinajstić information content (AvgIpc) is 2.31. The van der Waals surface area contributed by atoms with E-state index in [4.69, 9.17) is 16.7 Å². The third kappa shape index (κ3) is 4.48. The minimum atomic E-state index is -0.934. The van der Waals surface area contributed by atoms with Gasteiger partial charge in [-0.05, 0) is 30.6 Å². The van der Waals surface area contributed by atoms with Gasteiger partial charge in [0, 0.05) is 17.1 Å². The summed E-state index contributed by atoms with van der Waals surface area (Å²) in [6, 6.07) is 3.72. The number of carboxylic acid groups (broad SMARTS) is 1. The smallest absolute Gasteiger partial charge is 0.320 e. The fourth-order valence-corrected chi connectivity index (χ4v) is 2.18. The van der Waals surface area contributed by atoms with Crippen LogP contribution in [0.15, 0.2) is 18.2 Å². The maximum absolute atomic E-state index is 13.5. The SMILES string of the molecule is CSCC[C@@H](NCc1c(F)cccc1Cl)C(=O)O. The molecule has 0 aliphatic heterocycles. The third-order valence-corrected chi connectivity index (χ3v) is 3.49. The highest BCUT2D eigenvalue weighted by atomic mass is 35.5. The predicted molar refractivity (Wildman–Crippen MR) is 72.7 cm³/mol. The summed E-state index contributed by atoms with van der Waals surface area (Å²) < 4.78 is 13.5. The molecule has 1 aromatic carbocycles. The van der Waals surface area contributed by atoms with Crippen LogP contribution in [-0.4, -0.2) is 29.1 Å². The van der Waals surface area contributed by atoms with E-state index in [-0.39, 0.29) is 6.54 Å². The normalized spacial score (nSPS) is 12.4. The van der Waals surface area contributed by atoms with Gasteiger partial charge in [-0.25, -0.2) is 4.39 Å². The van der Waals surface area contributed by atoms with E-state index in [1.165, 1.54) is 12.1 Å². The van der Waals surface area contributed by atoms with Gasteiger partial charge < -0.3 is 10.4 Å². The molecule has 18 heavy (non-hydrogen) atoms. The van der Waals surface area contributed by atoms with Crippen LogP contribution < -0.4 is 5.32 Å². The van der Waals surface area contributed by atoms with Crippen LogP contribution >= 0.6 is 23.4 Å². The molecule has 0 heterocycles. The molecule has 0 radical (unpaired) electrons. The van der Waals surface area contributed by atoms with E-state index in [1.807, 2.05) is 6.26 Å². The van der Waals surface area contributed by atoms with E-state index in [0.29, 0.717) is 17.0 Å². The van der Waals surface area contributed by atoms with Gasteiger partial charge in [0.2, 0.25) is 0 Å². The number of hydrogen-bond acceptors (Lipinski definition) is 3. The Kier molecular flexibility index (Phi) is 6.46. The summed E-state index contributed by atoms with van der Waals surface area (Å²) in [5.41, 5.74) is 0.301. The molecule has 0 unspecified atom stereocenters. The topological polar surface area (TPSA) is 49.3 Å². The summed E-state index contributed by atoms with van der Waals surface area (Å²) in [6.07, 6.45) is 2.40. The first kappa shape index (κ1) is 15.3. The highest BCUT2D eigenvalue weighted by molar-refractivity contribution is 7.98. The zero-order chi connectivity index (χ0) is 13.5. The van der Waals surface area contributed by atoms with Crippen molar-refractivity contribution in [3.63, 3.8) is 0 Å². The minimum absolute atomic E-state index is 0.108. The van der Waals surface area contributed by atoms with Gasteiger partial charge in [-0.15, -0.1) is 0 Å². The molecule has 0 aromatic heterocycles. The Bertz CT molecular complexity index is 397. The average molecular weight is 292 g/mol. The number of rotatable bonds is 7. The van der Waals surface area contributed by atoms with Crippen LogP contribution in [-0.2, 0) is 11.3 Å². The van der Waals surface area contributed by atoms with Crippen LogP contribution in [0.2, 0.25) is 5.02 Å². The van der Waals surface area contributed by atoms with Crippen molar-refractivity contribution >= 4 is 29.3 Å². The number of carbonyl (C=O) groups is 1. The molecule has 0 aliphatic carbocycles. The van der Waals surface area contributed by atoms with Gasteiger partial charge in [-0.3, -0.25) is 4.79 Å². The minimum Gasteiger partial charge on any atom is -0.480 e. The third-order valence-electron chi connectivity index (χ3n) is 2.50. The van der Waals surface area contributed by atoms with Gasteiger partial charge in [0.05, 0.1) is 0 Å². The fourth-order valence-electron chi connectivity index (χ4n) is 1.48. The van der Waals surface area contributed by atoms with Crippen molar-refractivity contribution in [2.24, 2.45) is 0 Å². The van der Waals surface area contributed by atoms with Gasteiger partial charge in [-0.2, -0.15) is 11.8 Å². The van der Waals surface area contributed by atoms with Gasteiger partial charge in [0.15, 0.2) is 0 Å². The van der Waals surface area contributed by atoms with E-state index in [1.54, 1.807) is 17.8 Å². The van der Waals surface area contributed by atoms with Crippen molar-refractivity contribution in [2.75, 3.05) is 12.0 Å². The van der Waals surface area contributed by atoms with Crippen LogP contribution in [0.1, 0.15) is 12.0 Å². The van der Waals surface area contributed by atoms with E-state index in [9.17, 15) is 9.18 Å². The van der Waals surface area contributed by atoms with E-state index >= 15 is 0 Å². The second-order valence-corrected chi connectivity index (χ2v) is 5.15. The number of nitrogens with one attached hydrogen (secondary N) is 1. The molecule has 0 saturated heterocycles. The molecule has 0 aliphatic rings. The van der Waals surface area contributed by atoms with Crippen molar-refractivity contribution < 1.29 is 14.3 Å². The van der Waals surface area contributed by atoms with Crippen LogP contribution in [0.5, 0.6) is 0 Å². The summed E-state index contributed by atoms with van der Waals surface area (Å²) in [6.45, 7) is 0.108. The molecule has 0 bridgehead atoms. The second kappa shape index (κ2) is 7.61. The van der Waals surface area contributed by atoms with Crippen molar-refractivity contribution in [2.45, 2.75) is 19.0 Å². The Hall–Kier alpha value is -0.780. The number of carboxylic acids is 1. The summed E-state index contributed by atoms with van der Waals surface area (Å²) in [5, 5.41) is 12.1. The molecule has 1 rings (SSSR count).